The van der Waals surface area contributed by atoms with Crippen LogP contribution in [-0.2, 0) is 6.18 Å². The molecule has 0 aliphatic carbocycles. The maximum absolute atomic E-state index is 13.9. The Kier molecular flexibility index (Phi) is 4.10. The summed E-state index contributed by atoms with van der Waals surface area (Å²) in [6, 6.07) is 14.0. The van der Waals surface area contributed by atoms with Gasteiger partial charge in [0.2, 0.25) is 0 Å². The summed E-state index contributed by atoms with van der Waals surface area (Å²) in [6.07, 6.45) is -4.43. The van der Waals surface area contributed by atoms with Crippen LogP contribution in [0.5, 0.6) is 0 Å². The quantitative estimate of drug-likeness (QED) is 0.466. The van der Waals surface area contributed by atoms with E-state index in [1.54, 1.807) is 28.8 Å². The number of aromatic nitrogens is 1. The molecule has 3 aromatic carbocycles. The lowest BCUT2D eigenvalue weighted by Gasteiger charge is -2.11. The summed E-state index contributed by atoms with van der Waals surface area (Å²) in [6.45, 7) is 0. The molecular formula is C21H14F4N2O. The number of hydrogen-bond acceptors (Lipinski definition) is 1. The number of hydrogen-bond donors (Lipinski definition) is 1. The molecule has 3 nitrogen and oxygen atoms in total. The maximum atomic E-state index is 13.9. The molecule has 0 saturated carbocycles. The molecule has 1 amide bonds. The smallest absolute Gasteiger partial charge is 0.355 e. The molecule has 0 aliphatic rings. The van der Waals surface area contributed by atoms with Crippen molar-refractivity contribution in [2.24, 2.45) is 0 Å². The summed E-state index contributed by atoms with van der Waals surface area (Å²) >= 11 is 0. The van der Waals surface area contributed by atoms with Gasteiger partial charge in [0.25, 0.3) is 5.91 Å². The normalized spacial score (nSPS) is 11.9. The molecule has 1 heterocycles. The van der Waals surface area contributed by atoms with E-state index in [0.717, 1.165) is 12.1 Å². The largest absolute Gasteiger partial charge is 0.416 e. The van der Waals surface area contributed by atoms with Crippen LogP contribution in [0.4, 0.5) is 17.6 Å². The Bertz CT molecular complexity index is 1210. The highest BCUT2D eigenvalue weighted by Crippen LogP contribution is 2.35. The van der Waals surface area contributed by atoms with Crippen LogP contribution >= 0.6 is 0 Å². The zero-order valence-electron chi connectivity index (χ0n) is 14.6. The SMILES string of the molecule is CNC(=O)c1ccc2c(c1)c1cc(F)ccc1n2-c1ccc(C(F)(F)F)cc1. The van der Waals surface area contributed by atoms with Crippen LogP contribution in [0.3, 0.4) is 0 Å². The predicted octanol–water partition coefficient (Wildman–Crippen LogP) is 5.30. The van der Waals surface area contributed by atoms with E-state index >= 15 is 0 Å². The van der Waals surface area contributed by atoms with Crippen LogP contribution in [0.1, 0.15) is 15.9 Å². The lowest BCUT2D eigenvalue weighted by molar-refractivity contribution is -0.137. The Balaban J connectivity index is 2.00. The Morgan fingerprint density at radius 1 is 0.893 bits per heavy atom. The number of amides is 1. The number of carbonyl (C=O) groups excluding carboxylic acids is 1. The maximum Gasteiger partial charge on any atom is 0.416 e. The van der Waals surface area contributed by atoms with Crippen molar-refractivity contribution in [2.75, 3.05) is 7.05 Å². The highest BCUT2D eigenvalue weighted by molar-refractivity contribution is 6.11. The molecule has 0 radical (unpaired) electrons. The lowest BCUT2D eigenvalue weighted by Crippen LogP contribution is -2.17. The minimum Gasteiger partial charge on any atom is -0.355 e. The predicted molar refractivity (Wildman–Crippen MR) is 99.1 cm³/mol. The molecule has 0 atom stereocenters. The molecule has 7 heteroatoms. The van der Waals surface area contributed by atoms with Crippen molar-refractivity contribution in [3.8, 4) is 5.69 Å². The molecule has 4 rings (SSSR count). The third-order valence-corrected chi connectivity index (χ3v) is 4.67. The van der Waals surface area contributed by atoms with Gasteiger partial charge >= 0.3 is 6.18 Å². The summed E-state index contributed by atoms with van der Waals surface area (Å²) in [5, 5.41) is 3.74. The highest BCUT2D eigenvalue weighted by Gasteiger charge is 2.30. The molecule has 0 unspecified atom stereocenters. The minimum absolute atomic E-state index is 0.284. The van der Waals surface area contributed by atoms with Gasteiger partial charge in [-0.3, -0.25) is 4.79 Å². The summed E-state index contributed by atoms with van der Waals surface area (Å²) in [5.41, 5.74) is 1.46. The first-order chi connectivity index (χ1) is 13.3. The van der Waals surface area contributed by atoms with E-state index in [9.17, 15) is 22.4 Å². The number of rotatable bonds is 2. The van der Waals surface area contributed by atoms with E-state index in [2.05, 4.69) is 5.32 Å². The third kappa shape index (κ3) is 2.89. The molecule has 4 aromatic rings. The lowest BCUT2D eigenvalue weighted by atomic mass is 10.1. The first kappa shape index (κ1) is 18.0. The molecule has 0 fully saturated rings. The van der Waals surface area contributed by atoms with Gasteiger partial charge in [0.15, 0.2) is 0 Å². The van der Waals surface area contributed by atoms with Gasteiger partial charge < -0.3 is 9.88 Å². The summed E-state index contributed by atoms with van der Waals surface area (Å²) in [4.78, 5) is 12.0. The molecule has 0 aliphatic heterocycles. The van der Waals surface area contributed by atoms with Gasteiger partial charge in [-0.1, -0.05) is 0 Å². The first-order valence-electron chi connectivity index (χ1n) is 8.43. The molecule has 0 saturated heterocycles. The second-order valence-corrected chi connectivity index (χ2v) is 6.35. The Morgan fingerprint density at radius 3 is 2.11 bits per heavy atom. The molecule has 142 valence electrons. The van der Waals surface area contributed by atoms with Crippen LogP contribution in [-0.4, -0.2) is 17.5 Å². The monoisotopic (exact) mass is 386 g/mol. The Labute approximate surface area is 157 Å². The van der Waals surface area contributed by atoms with Gasteiger partial charge in [-0.05, 0) is 60.7 Å². The van der Waals surface area contributed by atoms with Crippen molar-refractivity contribution in [1.82, 2.24) is 9.88 Å². The number of fused-ring (bicyclic) bond motifs is 3. The van der Waals surface area contributed by atoms with E-state index in [4.69, 9.17) is 0 Å². The topological polar surface area (TPSA) is 34.0 Å². The van der Waals surface area contributed by atoms with Crippen molar-refractivity contribution in [3.63, 3.8) is 0 Å². The van der Waals surface area contributed by atoms with Gasteiger partial charge in [-0.2, -0.15) is 13.2 Å². The van der Waals surface area contributed by atoms with Gasteiger partial charge in [-0.25, -0.2) is 4.39 Å². The minimum atomic E-state index is -4.43. The summed E-state index contributed by atoms with van der Waals surface area (Å²) in [7, 11) is 1.51. The summed E-state index contributed by atoms with van der Waals surface area (Å²) < 4.78 is 54.3. The number of alkyl halides is 3. The van der Waals surface area contributed by atoms with Crippen LogP contribution < -0.4 is 5.32 Å². The van der Waals surface area contributed by atoms with E-state index < -0.39 is 17.6 Å². The molecule has 1 aromatic heterocycles. The first-order valence-corrected chi connectivity index (χ1v) is 8.43. The average molecular weight is 386 g/mol. The van der Waals surface area contributed by atoms with Crippen molar-refractivity contribution >= 4 is 27.7 Å². The molecule has 28 heavy (non-hydrogen) atoms. The van der Waals surface area contributed by atoms with Crippen LogP contribution in [0.25, 0.3) is 27.5 Å². The fraction of sp³-hybridized carbons (Fsp3) is 0.0952. The third-order valence-electron chi connectivity index (χ3n) is 4.67. The van der Waals surface area contributed by atoms with Gasteiger partial charge in [0.05, 0.1) is 16.6 Å². The Morgan fingerprint density at radius 2 is 1.50 bits per heavy atom. The van der Waals surface area contributed by atoms with Crippen molar-refractivity contribution in [2.45, 2.75) is 6.18 Å². The molecule has 0 bridgehead atoms. The van der Waals surface area contributed by atoms with E-state index in [1.165, 1.54) is 31.3 Å². The number of halogens is 4. The summed E-state index contributed by atoms with van der Waals surface area (Å²) in [5.74, 6) is -0.724. The molecule has 1 N–H and O–H groups in total. The van der Waals surface area contributed by atoms with Gasteiger partial charge in [0.1, 0.15) is 5.82 Å². The van der Waals surface area contributed by atoms with Crippen molar-refractivity contribution in [1.29, 1.82) is 0 Å². The van der Waals surface area contributed by atoms with E-state index in [-0.39, 0.29) is 5.91 Å². The number of benzene rings is 3. The second kappa shape index (κ2) is 6.37. The number of nitrogens with zero attached hydrogens (tertiary/aromatic N) is 1. The van der Waals surface area contributed by atoms with Crippen molar-refractivity contribution in [3.05, 3.63) is 77.6 Å². The van der Waals surface area contributed by atoms with Gasteiger partial charge in [-0.15, -0.1) is 0 Å². The molecular weight excluding hydrogens is 372 g/mol. The van der Waals surface area contributed by atoms with E-state index in [0.29, 0.717) is 33.1 Å². The zero-order valence-corrected chi connectivity index (χ0v) is 14.6. The van der Waals surface area contributed by atoms with Gasteiger partial charge in [0, 0.05) is 29.1 Å². The average Bonchev–Trinajstić information content (AvgIpc) is 2.99. The zero-order chi connectivity index (χ0) is 20.1. The Hall–Kier alpha value is -3.35. The van der Waals surface area contributed by atoms with Crippen molar-refractivity contribution < 1.29 is 22.4 Å². The van der Waals surface area contributed by atoms with E-state index in [1.807, 2.05) is 0 Å². The highest BCUT2D eigenvalue weighted by atomic mass is 19.4. The second-order valence-electron chi connectivity index (χ2n) is 6.35. The fourth-order valence-electron chi connectivity index (χ4n) is 3.36. The van der Waals surface area contributed by atoms with Crippen LogP contribution in [0.2, 0.25) is 0 Å². The van der Waals surface area contributed by atoms with Crippen LogP contribution in [0.15, 0.2) is 60.7 Å². The number of nitrogens with one attached hydrogen (secondary N) is 1. The number of carbonyl (C=O) groups is 1. The molecule has 0 spiro atoms. The fourth-order valence-corrected chi connectivity index (χ4v) is 3.36. The standard InChI is InChI=1S/C21H14F4N2O/c1-26-20(28)12-2-8-18-16(10-12)17-11-14(22)5-9-19(17)27(18)15-6-3-13(4-7-15)21(23,24)25/h2-11H,1H3,(H,26,28). The van der Waals surface area contributed by atoms with Crippen LogP contribution in [0, 0.1) is 5.82 Å².